The van der Waals surface area contributed by atoms with Crippen molar-refractivity contribution in [3.63, 3.8) is 0 Å². The van der Waals surface area contributed by atoms with E-state index in [0.29, 0.717) is 32.1 Å². The molecule has 1 aliphatic rings. The second-order valence-electron chi connectivity index (χ2n) is 7.00. The number of likely N-dealkylation sites (N-methyl/N-ethyl adjacent to an activating group) is 2. The SMILES string of the molecule is CCN(CC)C(=O)CN(C)C(=NCc1ccc([N+](=O)[O-])cc1)NCC1CCCO1. The summed E-state index contributed by atoms with van der Waals surface area (Å²) in [5.74, 6) is 0.652. The van der Waals surface area contributed by atoms with Crippen molar-refractivity contribution < 1.29 is 14.5 Å². The van der Waals surface area contributed by atoms with Gasteiger partial charge in [0.1, 0.15) is 0 Å². The first-order valence-corrected chi connectivity index (χ1v) is 10.1. The monoisotopic (exact) mass is 405 g/mol. The molecule has 1 aromatic carbocycles. The van der Waals surface area contributed by atoms with Gasteiger partial charge in [0.05, 0.1) is 24.1 Å². The van der Waals surface area contributed by atoms with Crippen LogP contribution in [-0.4, -0.2) is 72.5 Å². The van der Waals surface area contributed by atoms with E-state index in [2.05, 4.69) is 10.3 Å². The highest BCUT2D eigenvalue weighted by atomic mass is 16.6. The summed E-state index contributed by atoms with van der Waals surface area (Å²) in [5, 5.41) is 14.1. The number of ether oxygens (including phenoxy) is 1. The van der Waals surface area contributed by atoms with Crippen LogP contribution >= 0.6 is 0 Å². The first-order valence-electron chi connectivity index (χ1n) is 10.1. The topological polar surface area (TPSA) is 100 Å². The first-order chi connectivity index (χ1) is 13.9. The number of guanidine groups is 1. The molecule has 0 spiro atoms. The fraction of sp³-hybridized carbons (Fsp3) is 0.600. The van der Waals surface area contributed by atoms with Crippen LogP contribution in [0.2, 0.25) is 0 Å². The van der Waals surface area contributed by atoms with Crippen LogP contribution in [0, 0.1) is 10.1 Å². The van der Waals surface area contributed by atoms with Crippen molar-refractivity contribution in [1.82, 2.24) is 15.1 Å². The number of nitro benzene ring substituents is 1. The maximum Gasteiger partial charge on any atom is 0.269 e. The summed E-state index contributed by atoms with van der Waals surface area (Å²) in [7, 11) is 1.83. The van der Waals surface area contributed by atoms with Gasteiger partial charge in [0.15, 0.2) is 5.96 Å². The third-order valence-electron chi connectivity index (χ3n) is 4.92. The fourth-order valence-electron chi connectivity index (χ4n) is 3.17. The molecular formula is C20H31N5O4. The number of nitrogens with one attached hydrogen (secondary N) is 1. The minimum Gasteiger partial charge on any atom is -0.376 e. The summed E-state index contributed by atoms with van der Waals surface area (Å²) in [4.78, 5) is 31.1. The van der Waals surface area contributed by atoms with Gasteiger partial charge in [-0.2, -0.15) is 0 Å². The quantitative estimate of drug-likeness (QED) is 0.292. The number of non-ortho nitro benzene ring substituents is 1. The van der Waals surface area contributed by atoms with Crippen LogP contribution in [0.3, 0.4) is 0 Å². The number of hydrogen-bond acceptors (Lipinski definition) is 5. The zero-order valence-electron chi connectivity index (χ0n) is 17.5. The molecule has 1 heterocycles. The average Bonchev–Trinajstić information content (AvgIpc) is 3.22. The molecule has 1 fully saturated rings. The second kappa shape index (κ2) is 11.4. The molecule has 1 amide bonds. The Hall–Kier alpha value is -2.68. The number of amides is 1. The van der Waals surface area contributed by atoms with E-state index in [4.69, 9.17) is 4.74 Å². The largest absolute Gasteiger partial charge is 0.376 e. The van der Waals surface area contributed by atoms with Crippen LogP contribution < -0.4 is 5.32 Å². The third kappa shape index (κ3) is 7.01. The Morgan fingerprint density at radius 3 is 2.55 bits per heavy atom. The van der Waals surface area contributed by atoms with Crippen LogP contribution in [0.4, 0.5) is 5.69 Å². The van der Waals surface area contributed by atoms with Crippen LogP contribution in [-0.2, 0) is 16.1 Å². The van der Waals surface area contributed by atoms with Gasteiger partial charge in [0.25, 0.3) is 5.69 Å². The summed E-state index contributed by atoms with van der Waals surface area (Å²) < 4.78 is 5.66. The van der Waals surface area contributed by atoms with E-state index >= 15 is 0 Å². The smallest absolute Gasteiger partial charge is 0.269 e. The molecule has 0 saturated carbocycles. The third-order valence-corrected chi connectivity index (χ3v) is 4.92. The van der Waals surface area contributed by atoms with E-state index in [9.17, 15) is 14.9 Å². The summed E-state index contributed by atoms with van der Waals surface area (Å²) in [6.07, 6.45) is 2.20. The maximum atomic E-state index is 12.5. The molecule has 29 heavy (non-hydrogen) atoms. The highest BCUT2D eigenvalue weighted by Gasteiger charge is 2.19. The van der Waals surface area contributed by atoms with E-state index in [1.54, 1.807) is 21.9 Å². The number of rotatable bonds is 9. The van der Waals surface area contributed by atoms with Gasteiger partial charge in [-0.05, 0) is 32.3 Å². The highest BCUT2D eigenvalue weighted by Crippen LogP contribution is 2.13. The van der Waals surface area contributed by atoms with Gasteiger partial charge in [-0.1, -0.05) is 12.1 Å². The molecule has 0 radical (unpaired) electrons. The molecule has 1 aliphatic heterocycles. The number of benzene rings is 1. The standard InChI is InChI=1S/C20H31N5O4/c1-4-24(5-2)19(26)15-23(3)20(22-14-18-7-6-12-29-18)21-13-16-8-10-17(11-9-16)25(27)28/h8-11,18H,4-7,12-15H2,1-3H3,(H,21,22). The van der Waals surface area contributed by atoms with Crippen molar-refractivity contribution in [2.75, 3.05) is 39.8 Å². The number of hydrogen-bond donors (Lipinski definition) is 1. The lowest BCUT2D eigenvalue weighted by Crippen LogP contribution is -2.47. The van der Waals surface area contributed by atoms with Crippen LogP contribution in [0.1, 0.15) is 32.3 Å². The van der Waals surface area contributed by atoms with Crippen LogP contribution in [0.5, 0.6) is 0 Å². The summed E-state index contributed by atoms with van der Waals surface area (Å²) >= 11 is 0. The van der Waals surface area contributed by atoms with Crippen molar-refractivity contribution in [3.8, 4) is 0 Å². The first kappa shape index (κ1) is 22.6. The molecule has 1 saturated heterocycles. The Morgan fingerprint density at radius 2 is 2.00 bits per heavy atom. The lowest BCUT2D eigenvalue weighted by Gasteiger charge is -2.26. The molecule has 2 rings (SSSR count). The Kier molecular flexibility index (Phi) is 8.85. The summed E-state index contributed by atoms with van der Waals surface area (Å²) in [6.45, 7) is 7.24. The Balaban J connectivity index is 2.06. The van der Waals surface area contributed by atoms with Gasteiger partial charge < -0.3 is 19.9 Å². The van der Waals surface area contributed by atoms with Crippen molar-refractivity contribution >= 4 is 17.6 Å². The number of carbonyl (C=O) groups is 1. The van der Waals surface area contributed by atoms with Gasteiger partial charge in [0.2, 0.25) is 5.91 Å². The zero-order chi connectivity index (χ0) is 21.2. The molecule has 1 unspecified atom stereocenters. The summed E-state index contributed by atoms with van der Waals surface area (Å²) in [5.41, 5.74) is 0.909. The van der Waals surface area contributed by atoms with Gasteiger partial charge in [0, 0.05) is 45.4 Å². The number of aliphatic imine (C=N–C) groups is 1. The lowest BCUT2D eigenvalue weighted by atomic mass is 10.2. The Bertz CT molecular complexity index is 697. The Morgan fingerprint density at radius 1 is 1.31 bits per heavy atom. The van der Waals surface area contributed by atoms with Crippen LogP contribution in [0.15, 0.2) is 29.3 Å². The van der Waals surface area contributed by atoms with Crippen molar-refractivity contribution in [1.29, 1.82) is 0 Å². The fourth-order valence-corrected chi connectivity index (χ4v) is 3.17. The maximum absolute atomic E-state index is 12.5. The van der Waals surface area contributed by atoms with E-state index in [1.165, 1.54) is 12.1 Å². The predicted molar refractivity (Wildman–Crippen MR) is 112 cm³/mol. The van der Waals surface area contributed by atoms with Crippen molar-refractivity contribution in [2.45, 2.75) is 39.3 Å². The van der Waals surface area contributed by atoms with Crippen molar-refractivity contribution in [3.05, 3.63) is 39.9 Å². The zero-order valence-corrected chi connectivity index (χ0v) is 17.5. The highest BCUT2D eigenvalue weighted by molar-refractivity contribution is 5.86. The minimum atomic E-state index is -0.422. The number of carbonyl (C=O) groups excluding carboxylic acids is 1. The normalized spacial score (nSPS) is 16.5. The molecule has 0 bridgehead atoms. The Labute approximate surface area is 171 Å². The van der Waals surface area contributed by atoms with Gasteiger partial charge in [-0.25, -0.2) is 4.99 Å². The van der Waals surface area contributed by atoms with Gasteiger partial charge in [-0.3, -0.25) is 14.9 Å². The minimum absolute atomic E-state index is 0.0412. The van der Waals surface area contributed by atoms with Crippen molar-refractivity contribution in [2.24, 2.45) is 4.99 Å². The predicted octanol–water partition coefficient (Wildman–Crippen LogP) is 2.02. The van der Waals surface area contributed by atoms with Crippen LogP contribution in [0.25, 0.3) is 0 Å². The molecule has 0 aliphatic carbocycles. The molecule has 160 valence electrons. The van der Waals surface area contributed by atoms with Gasteiger partial charge >= 0.3 is 0 Å². The van der Waals surface area contributed by atoms with E-state index < -0.39 is 4.92 Å². The molecule has 1 aromatic rings. The number of nitro groups is 1. The molecule has 0 aromatic heterocycles. The van der Waals surface area contributed by atoms with Gasteiger partial charge in [-0.15, -0.1) is 0 Å². The van der Waals surface area contributed by atoms with E-state index in [-0.39, 0.29) is 24.2 Å². The number of nitrogens with zero attached hydrogens (tertiary/aromatic N) is 4. The average molecular weight is 405 g/mol. The van der Waals surface area contributed by atoms with E-state index in [0.717, 1.165) is 25.0 Å². The molecule has 9 nitrogen and oxygen atoms in total. The molecule has 9 heteroatoms. The van der Waals surface area contributed by atoms with E-state index in [1.807, 2.05) is 20.9 Å². The molecule has 1 atom stereocenters. The summed E-state index contributed by atoms with van der Waals surface area (Å²) in [6, 6.07) is 6.33. The molecule has 1 N–H and O–H groups in total. The lowest BCUT2D eigenvalue weighted by molar-refractivity contribution is -0.384. The molecular weight excluding hydrogens is 374 g/mol. The second-order valence-corrected chi connectivity index (χ2v) is 7.00.